The van der Waals surface area contributed by atoms with Gasteiger partial charge < -0.3 is 10.0 Å². The molecular formula is C14H20F2N2O. The number of aliphatic hydroxyl groups is 1. The first-order valence-corrected chi connectivity index (χ1v) is 6.58. The van der Waals surface area contributed by atoms with Gasteiger partial charge in [0.2, 0.25) is 0 Å². The average Bonchev–Trinajstić information content (AvgIpc) is 2.38. The van der Waals surface area contributed by atoms with E-state index in [1.807, 2.05) is 11.9 Å². The highest BCUT2D eigenvalue weighted by atomic mass is 19.1. The Labute approximate surface area is 112 Å². The van der Waals surface area contributed by atoms with E-state index in [0.717, 1.165) is 19.6 Å². The van der Waals surface area contributed by atoms with Crippen molar-refractivity contribution in [3.8, 4) is 0 Å². The zero-order valence-corrected chi connectivity index (χ0v) is 11.1. The quantitative estimate of drug-likeness (QED) is 0.897. The predicted molar refractivity (Wildman–Crippen MR) is 69.8 cm³/mol. The predicted octanol–water partition coefficient (Wildman–Crippen LogP) is 1.46. The molecule has 0 spiro atoms. The van der Waals surface area contributed by atoms with E-state index in [9.17, 15) is 8.78 Å². The summed E-state index contributed by atoms with van der Waals surface area (Å²) in [5.41, 5.74) is 0.134. The van der Waals surface area contributed by atoms with E-state index in [2.05, 4.69) is 4.90 Å². The first-order chi connectivity index (χ1) is 9.11. The van der Waals surface area contributed by atoms with Crippen LogP contribution in [0.4, 0.5) is 8.78 Å². The number of rotatable bonds is 4. The molecule has 1 aliphatic heterocycles. The maximum absolute atomic E-state index is 13.6. The van der Waals surface area contributed by atoms with Crippen molar-refractivity contribution in [3.63, 3.8) is 0 Å². The average molecular weight is 270 g/mol. The Kier molecular flexibility index (Phi) is 4.85. The molecule has 0 amide bonds. The summed E-state index contributed by atoms with van der Waals surface area (Å²) < 4.78 is 27.2. The molecule has 1 N–H and O–H groups in total. The Balaban J connectivity index is 2.03. The maximum atomic E-state index is 13.6. The number of piperazine rings is 1. The number of halogens is 2. The first-order valence-electron chi connectivity index (χ1n) is 6.58. The molecule has 0 aromatic heterocycles. The lowest BCUT2D eigenvalue weighted by Gasteiger charge is -2.39. The molecule has 1 fully saturated rings. The Morgan fingerprint density at radius 3 is 2.58 bits per heavy atom. The summed E-state index contributed by atoms with van der Waals surface area (Å²) in [7, 11) is 2.02. The van der Waals surface area contributed by atoms with Crippen LogP contribution in [0.25, 0.3) is 0 Å². The molecule has 19 heavy (non-hydrogen) atoms. The van der Waals surface area contributed by atoms with Crippen LogP contribution in [0.1, 0.15) is 12.0 Å². The van der Waals surface area contributed by atoms with Gasteiger partial charge in [-0.25, -0.2) is 8.78 Å². The molecule has 0 unspecified atom stereocenters. The fraction of sp³-hybridized carbons (Fsp3) is 0.571. The van der Waals surface area contributed by atoms with E-state index in [-0.39, 0.29) is 24.8 Å². The van der Waals surface area contributed by atoms with E-state index in [1.165, 1.54) is 18.2 Å². The van der Waals surface area contributed by atoms with Crippen LogP contribution in [0.3, 0.4) is 0 Å². The molecule has 3 nitrogen and oxygen atoms in total. The van der Waals surface area contributed by atoms with Gasteiger partial charge in [0.15, 0.2) is 0 Å². The van der Waals surface area contributed by atoms with Gasteiger partial charge in [0, 0.05) is 44.4 Å². The van der Waals surface area contributed by atoms with Gasteiger partial charge in [0.05, 0.1) is 0 Å². The van der Waals surface area contributed by atoms with Crippen LogP contribution in [0, 0.1) is 11.6 Å². The van der Waals surface area contributed by atoms with Gasteiger partial charge in [0.25, 0.3) is 0 Å². The Bertz CT molecular complexity index is 408. The molecule has 0 saturated carbocycles. The largest absolute Gasteiger partial charge is 0.396 e. The third-order valence-electron chi connectivity index (χ3n) is 3.77. The third-order valence-corrected chi connectivity index (χ3v) is 3.77. The van der Waals surface area contributed by atoms with Crippen molar-refractivity contribution in [2.45, 2.75) is 19.0 Å². The smallest absolute Gasteiger partial charge is 0.130 e. The van der Waals surface area contributed by atoms with E-state index in [4.69, 9.17) is 5.11 Å². The van der Waals surface area contributed by atoms with E-state index >= 15 is 0 Å². The lowest BCUT2D eigenvalue weighted by Crippen LogP contribution is -2.51. The second-order valence-electron chi connectivity index (χ2n) is 5.08. The molecule has 1 aromatic rings. The lowest BCUT2D eigenvalue weighted by atomic mass is 10.1. The summed E-state index contributed by atoms with van der Waals surface area (Å²) in [6, 6.07) is 4.21. The first kappa shape index (κ1) is 14.4. The van der Waals surface area contributed by atoms with Crippen molar-refractivity contribution in [3.05, 3.63) is 35.4 Å². The molecule has 0 aliphatic carbocycles. The Morgan fingerprint density at radius 1 is 1.26 bits per heavy atom. The highest BCUT2D eigenvalue weighted by molar-refractivity contribution is 5.19. The molecule has 1 atom stereocenters. The van der Waals surface area contributed by atoms with Crippen LogP contribution in [-0.2, 0) is 6.54 Å². The number of hydrogen-bond acceptors (Lipinski definition) is 3. The molecule has 1 heterocycles. The van der Waals surface area contributed by atoms with Crippen LogP contribution in [0.2, 0.25) is 0 Å². The second-order valence-corrected chi connectivity index (χ2v) is 5.08. The molecule has 5 heteroatoms. The number of hydrogen-bond donors (Lipinski definition) is 1. The minimum atomic E-state index is -0.488. The zero-order chi connectivity index (χ0) is 13.8. The van der Waals surface area contributed by atoms with Gasteiger partial charge in [-0.1, -0.05) is 6.07 Å². The van der Waals surface area contributed by atoms with Gasteiger partial charge in [-0.05, 0) is 25.6 Å². The van der Waals surface area contributed by atoms with Crippen molar-refractivity contribution in [2.24, 2.45) is 0 Å². The summed E-state index contributed by atoms with van der Waals surface area (Å²) in [5, 5.41) is 9.04. The summed E-state index contributed by atoms with van der Waals surface area (Å²) in [5.74, 6) is -0.977. The number of aliphatic hydroxyl groups excluding tert-OH is 1. The van der Waals surface area contributed by atoms with Gasteiger partial charge in [0.1, 0.15) is 11.6 Å². The van der Waals surface area contributed by atoms with Crippen molar-refractivity contribution >= 4 is 0 Å². The van der Waals surface area contributed by atoms with E-state index < -0.39 is 11.6 Å². The molecule has 106 valence electrons. The Hall–Kier alpha value is -1.04. The fourth-order valence-electron chi connectivity index (χ4n) is 2.52. The van der Waals surface area contributed by atoms with Crippen LogP contribution < -0.4 is 0 Å². The highest BCUT2D eigenvalue weighted by Crippen LogP contribution is 2.18. The SMILES string of the molecule is CN1CCN(Cc2c(F)cccc2F)C[C@H]1CCO. The van der Waals surface area contributed by atoms with Crippen LogP contribution in [-0.4, -0.2) is 54.2 Å². The number of benzene rings is 1. The van der Waals surface area contributed by atoms with Gasteiger partial charge >= 0.3 is 0 Å². The molecule has 1 saturated heterocycles. The molecule has 0 bridgehead atoms. The third kappa shape index (κ3) is 3.49. The van der Waals surface area contributed by atoms with Crippen molar-refractivity contribution < 1.29 is 13.9 Å². The summed E-state index contributed by atoms with van der Waals surface area (Å²) in [6.45, 7) is 2.78. The van der Waals surface area contributed by atoms with Gasteiger partial charge in [-0.3, -0.25) is 4.90 Å². The standard InChI is InChI=1S/C14H20F2N2O/c1-17-6-7-18(9-11(17)5-8-19)10-12-13(15)3-2-4-14(12)16/h2-4,11,19H,5-10H2,1H3/t11-/m1/s1. The molecule has 1 aromatic carbocycles. The summed E-state index contributed by atoms with van der Waals surface area (Å²) in [4.78, 5) is 4.23. The summed E-state index contributed by atoms with van der Waals surface area (Å²) in [6.07, 6.45) is 0.687. The monoisotopic (exact) mass is 270 g/mol. The summed E-state index contributed by atoms with van der Waals surface area (Å²) >= 11 is 0. The van der Waals surface area contributed by atoms with E-state index in [1.54, 1.807) is 0 Å². The minimum absolute atomic E-state index is 0.134. The van der Waals surface area contributed by atoms with Crippen LogP contribution >= 0.6 is 0 Å². The van der Waals surface area contributed by atoms with Crippen molar-refractivity contribution in [2.75, 3.05) is 33.3 Å². The van der Waals surface area contributed by atoms with Crippen LogP contribution in [0.5, 0.6) is 0 Å². The molecule has 2 rings (SSSR count). The minimum Gasteiger partial charge on any atom is -0.396 e. The van der Waals surface area contributed by atoms with Crippen molar-refractivity contribution in [1.29, 1.82) is 0 Å². The van der Waals surface area contributed by atoms with Crippen molar-refractivity contribution in [1.82, 2.24) is 9.80 Å². The maximum Gasteiger partial charge on any atom is 0.130 e. The zero-order valence-electron chi connectivity index (χ0n) is 11.1. The molecular weight excluding hydrogens is 250 g/mol. The number of nitrogens with zero attached hydrogens (tertiary/aromatic N) is 2. The fourth-order valence-corrected chi connectivity index (χ4v) is 2.52. The second kappa shape index (κ2) is 6.41. The van der Waals surface area contributed by atoms with Crippen LogP contribution in [0.15, 0.2) is 18.2 Å². The molecule has 0 radical (unpaired) electrons. The highest BCUT2D eigenvalue weighted by Gasteiger charge is 2.25. The molecule has 1 aliphatic rings. The Morgan fingerprint density at radius 2 is 1.95 bits per heavy atom. The number of likely N-dealkylation sites (N-methyl/N-ethyl adjacent to an activating group) is 1. The normalized spacial score (nSPS) is 21.8. The van der Waals surface area contributed by atoms with Gasteiger partial charge in [-0.2, -0.15) is 0 Å². The topological polar surface area (TPSA) is 26.7 Å². The lowest BCUT2D eigenvalue weighted by molar-refractivity contribution is 0.0730. The van der Waals surface area contributed by atoms with Gasteiger partial charge in [-0.15, -0.1) is 0 Å². The van der Waals surface area contributed by atoms with E-state index in [0.29, 0.717) is 6.42 Å².